The van der Waals surface area contributed by atoms with Crippen LogP contribution >= 0.6 is 0 Å². The lowest BCUT2D eigenvalue weighted by atomic mass is 9.96. The van der Waals surface area contributed by atoms with Crippen molar-refractivity contribution in [2.45, 2.75) is 6.54 Å². The summed E-state index contributed by atoms with van der Waals surface area (Å²) in [4.78, 5) is 44.0. The van der Waals surface area contributed by atoms with E-state index in [0.717, 1.165) is 40.7 Å². The highest BCUT2D eigenvalue weighted by molar-refractivity contribution is 6.08. The van der Waals surface area contributed by atoms with E-state index >= 15 is 0 Å². The van der Waals surface area contributed by atoms with Crippen molar-refractivity contribution in [1.82, 2.24) is 29.8 Å². The third-order valence-electron chi connectivity index (χ3n) is 6.80. The van der Waals surface area contributed by atoms with Crippen molar-refractivity contribution >= 4 is 28.6 Å². The van der Waals surface area contributed by atoms with Gasteiger partial charge in [-0.2, -0.15) is 5.10 Å². The van der Waals surface area contributed by atoms with E-state index in [1.54, 1.807) is 15.6 Å². The van der Waals surface area contributed by atoms with Gasteiger partial charge in [0.2, 0.25) is 0 Å². The molecule has 0 radical (unpaired) electrons. The third kappa shape index (κ3) is 4.18. The van der Waals surface area contributed by atoms with Crippen LogP contribution in [0.4, 0.5) is 0 Å². The highest BCUT2D eigenvalue weighted by Crippen LogP contribution is 2.35. The number of carbonyl (C=O) groups is 3. The molecule has 1 aromatic heterocycles. The molecule has 1 saturated heterocycles. The summed E-state index contributed by atoms with van der Waals surface area (Å²) < 4.78 is 1.76. The van der Waals surface area contributed by atoms with E-state index in [-0.39, 0.29) is 29.8 Å². The van der Waals surface area contributed by atoms with Gasteiger partial charge in [-0.15, -0.1) is 0 Å². The van der Waals surface area contributed by atoms with Crippen LogP contribution in [0.25, 0.3) is 22.0 Å². The van der Waals surface area contributed by atoms with Gasteiger partial charge >= 0.3 is 0 Å². The Balaban J connectivity index is 1.32. The van der Waals surface area contributed by atoms with Crippen LogP contribution in [-0.2, 0) is 23.2 Å². The average Bonchev–Trinajstić information content (AvgIpc) is 3.41. The number of carbonyl (C=O) groups excluding carboxylic acids is 3. The molecule has 9 nitrogen and oxygen atoms in total. The van der Waals surface area contributed by atoms with Crippen molar-refractivity contribution in [2.24, 2.45) is 7.05 Å². The van der Waals surface area contributed by atoms with Crippen LogP contribution in [0.3, 0.4) is 0 Å². The molecule has 0 spiro atoms. The lowest BCUT2D eigenvalue weighted by Gasteiger charge is -2.32. The molecular formula is C27H28N6O3. The van der Waals surface area contributed by atoms with Gasteiger partial charge in [0, 0.05) is 50.4 Å². The van der Waals surface area contributed by atoms with E-state index in [9.17, 15) is 14.4 Å². The maximum Gasteiger partial charge on any atom is 0.271 e. The number of hydrogen-bond acceptors (Lipinski definition) is 5. The van der Waals surface area contributed by atoms with Gasteiger partial charge in [-0.05, 0) is 41.9 Å². The number of fused-ring (bicyclic) bond motifs is 2. The number of rotatable bonds is 5. The van der Waals surface area contributed by atoms with E-state index < -0.39 is 5.91 Å². The number of aryl methyl sites for hydroxylation is 1. The Kier molecular flexibility index (Phi) is 5.93. The molecule has 2 aromatic carbocycles. The van der Waals surface area contributed by atoms with Crippen molar-refractivity contribution < 1.29 is 14.4 Å². The van der Waals surface area contributed by atoms with Gasteiger partial charge in [-0.3, -0.25) is 24.0 Å². The lowest BCUT2D eigenvalue weighted by molar-refractivity contribution is -0.130. The van der Waals surface area contributed by atoms with Gasteiger partial charge in [-0.25, -0.2) is 0 Å². The minimum absolute atomic E-state index is 0.0275. The van der Waals surface area contributed by atoms with E-state index in [1.807, 2.05) is 50.6 Å². The van der Waals surface area contributed by atoms with E-state index in [2.05, 4.69) is 28.5 Å². The fourth-order valence-electron chi connectivity index (χ4n) is 4.72. The Morgan fingerprint density at radius 3 is 2.47 bits per heavy atom. The highest BCUT2D eigenvalue weighted by atomic mass is 16.2. The van der Waals surface area contributed by atoms with E-state index in [4.69, 9.17) is 0 Å². The normalized spacial score (nSPS) is 15.8. The average molecular weight is 485 g/mol. The number of hydrogen-bond donors (Lipinski definition) is 1. The summed E-state index contributed by atoms with van der Waals surface area (Å²) in [6, 6.07) is 11.5. The zero-order chi connectivity index (χ0) is 25.6. The maximum atomic E-state index is 13.2. The van der Waals surface area contributed by atoms with Crippen LogP contribution in [0, 0.1) is 0 Å². The smallest absolute Gasteiger partial charge is 0.271 e. The second kappa shape index (κ2) is 9.09. The molecule has 0 unspecified atom stereocenters. The molecule has 36 heavy (non-hydrogen) atoms. The molecule has 1 fully saturated rings. The fraction of sp³-hybridized carbons (Fsp3) is 0.259. The summed E-state index contributed by atoms with van der Waals surface area (Å²) in [5.74, 6) is -1.25. The summed E-state index contributed by atoms with van der Waals surface area (Å²) in [5, 5.41) is 7.96. The van der Waals surface area contributed by atoms with Crippen LogP contribution in [0.15, 0.2) is 67.1 Å². The van der Waals surface area contributed by atoms with Crippen molar-refractivity contribution in [3.05, 3.63) is 78.3 Å². The first-order valence-corrected chi connectivity index (χ1v) is 11.8. The predicted octanol–water partition coefficient (Wildman–Crippen LogP) is 2.11. The van der Waals surface area contributed by atoms with Crippen molar-refractivity contribution in [3.8, 4) is 11.1 Å². The Hall–Kier alpha value is -4.24. The summed E-state index contributed by atoms with van der Waals surface area (Å²) in [6.07, 6.45) is 1.95. The molecule has 1 N–H and O–H groups in total. The number of nitrogens with zero attached hydrogens (tertiary/aromatic N) is 5. The molecule has 5 rings (SSSR count). The number of aromatic nitrogens is 2. The molecule has 0 bridgehead atoms. The molecule has 9 heteroatoms. The van der Waals surface area contributed by atoms with Crippen LogP contribution in [0.1, 0.15) is 15.9 Å². The minimum Gasteiger partial charge on any atom is -0.335 e. The molecule has 0 atom stereocenters. The molecule has 0 saturated carbocycles. The van der Waals surface area contributed by atoms with Gasteiger partial charge in [-0.1, -0.05) is 31.4 Å². The molecule has 184 valence electrons. The minimum atomic E-state index is -0.623. The van der Waals surface area contributed by atoms with Crippen LogP contribution in [-0.4, -0.2) is 75.4 Å². The molecule has 3 amide bonds. The van der Waals surface area contributed by atoms with Gasteiger partial charge in [0.1, 0.15) is 5.70 Å². The first-order chi connectivity index (χ1) is 17.2. The Morgan fingerprint density at radius 2 is 1.72 bits per heavy atom. The largest absolute Gasteiger partial charge is 0.335 e. The SMILES string of the molecule is C=C(NC(=O)C(=C)N1Cc2c(cccc2-c2ccc3nn(C)cc3c2)C1=O)C(=O)N1CCN(C)CC1. The molecule has 2 aliphatic rings. The standard InChI is InChI=1S/C27H28N6O3/c1-17(26(35)32-12-10-30(3)11-13-32)28-25(34)18(2)33-16-23-21(6-5-7-22(23)27(33)36)19-8-9-24-20(14-19)15-31(4)29-24/h5-9,14-15H,1-2,10-13,16H2,3-4H3,(H,28,34). The van der Waals surface area contributed by atoms with Crippen LogP contribution in [0.2, 0.25) is 0 Å². The second-order valence-corrected chi connectivity index (χ2v) is 9.27. The number of likely N-dealkylation sites (N-methyl/N-ethyl adjacent to an activating group) is 1. The van der Waals surface area contributed by atoms with Crippen molar-refractivity contribution in [3.63, 3.8) is 0 Å². The van der Waals surface area contributed by atoms with Crippen LogP contribution < -0.4 is 5.32 Å². The third-order valence-corrected chi connectivity index (χ3v) is 6.80. The predicted molar refractivity (Wildman–Crippen MR) is 137 cm³/mol. The highest BCUT2D eigenvalue weighted by Gasteiger charge is 2.34. The number of piperazine rings is 1. The summed E-state index contributed by atoms with van der Waals surface area (Å²) in [7, 11) is 3.87. The summed E-state index contributed by atoms with van der Waals surface area (Å²) in [5.41, 5.74) is 4.06. The van der Waals surface area contributed by atoms with Gasteiger partial charge in [0.15, 0.2) is 0 Å². The molecule has 0 aliphatic carbocycles. The van der Waals surface area contributed by atoms with Gasteiger partial charge < -0.3 is 15.1 Å². The topological polar surface area (TPSA) is 90.8 Å². The van der Waals surface area contributed by atoms with E-state index in [1.165, 1.54) is 4.90 Å². The monoisotopic (exact) mass is 484 g/mol. The Labute approximate surface area is 209 Å². The Morgan fingerprint density at radius 1 is 1.00 bits per heavy atom. The summed E-state index contributed by atoms with van der Waals surface area (Å²) in [6.45, 7) is 10.5. The maximum absolute atomic E-state index is 13.2. The number of nitrogens with one attached hydrogen (secondary N) is 1. The molecular weight excluding hydrogens is 456 g/mol. The molecule has 3 aromatic rings. The zero-order valence-corrected chi connectivity index (χ0v) is 20.5. The van der Waals surface area contributed by atoms with Gasteiger partial charge in [0.25, 0.3) is 17.7 Å². The quantitative estimate of drug-likeness (QED) is 0.561. The molecule has 3 heterocycles. The number of benzene rings is 2. The first-order valence-electron chi connectivity index (χ1n) is 11.8. The van der Waals surface area contributed by atoms with Gasteiger partial charge in [0.05, 0.1) is 17.8 Å². The van der Waals surface area contributed by atoms with E-state index in [0.29, 0.717) is 18.7 Å². The fourth-order valence-corrected chi connectivity index (χ4v) is 4.72. The zero-order valence-electron chi connectivity index (χ0n) is 20.5. The first kappa shape index (κ1) is 23.5. The van der Waals surface area contributed by atoms with Crippen LogP contribution in [0.5, 0.6) is 0 Å². The Bertz CT molecular complexity index is 1430. The molecule has 2 aliphatic heterocycles. The van der Waals surface area contributed by atoms with Crippen molar-refractivity contribution in [2.75, 3.05) is 33.2 Å². The second-order valence-electron chi connectivity index (χ2n) is 9.27. The summed E-state index contributed by atoms with van der Waals surface area (Å²) >= 11 is 0. The van der Waals surface area contributed by atoms with Crippen molar-refractivity contribution in [1.29, 1.82) is 0 Å². The number of amides is 3. The lowest BCUT2D eigenvalue weighted by Crippen LogP contribution is -2.49.